The molecule has 2 aromatic rings. The summed E-state index contributed by atoms with van der Waals surface area (Å²) in [6.45, 7) is 1.67. The first-order valence-electron chi connectivity index (χ1n) is 7.07. The fraction of sp³-hybridized carbons (Fsp3) is 0.118. The van der Waals surface area contributed by atoms with Crippen LogP contribution in [-0.2, 0) is 15.3 Å². The minimum Gasteiger partial charge on any atom is -0.465 e. The van der Waals surface area contributed by atoms with E-state index in [1.807, 2.05) is 18.2 Å². The second-order valence-corrected chi connectivity index (χ2v) is 6.66. The Kier molecular flexibility index (Phi) is 4.14. The molecule has 0 saturated carbocycles. The predicted molar refractivity (Wildman–Crippen MR) is 96.8 cm³/mol. The Morgan fingerprint density at radius 3 is 2.58 bits per heavy atom. The number of non-ortho nitro benzene ring substituents is 1. The normalized spacial score (nSPS) is 20.2. The molecular weight excluding hydrogens is 423 g/mol. The van der Waals surface area contributed by atoms with Crippen molar-refractivity contribution in [3.8, 4) is 0 Å². The number of benzene rings is 2. The zero-order valence-corrected chi connectivity index (χ0v) is 14.8. The van der Waals surface area contributed by atoms with Crippen LogP contribution < -0.4 is 5.73 Å². The first kappa shape index (κ1) is 16.6. The quantitative estimate of drug-likeness (QED) is 0.453. The van der Waals surface area contributed by atoms with E-state index < -0.39 is 16.4 Å². The van der Waals surface area contributed by atoms with E-state index in [1.54, 1.807) is 19.1 Å². The number of allylic oxidation sites excluding steroid dienone is 1. The number of ether oxygens (including phenoxy) is 1. The van der Waals surface area contributed by atoms with Crippen molar-refractivity contribution < 1.29 is 14.5 Å². The molecule has 0 fully saturated rings. The van der Waals surface area contributed by atoms with Gasteiger partial charge in [0.15, 0.2) is 0 Å². The van der Waals surface area contributed by atoms with Crippen LogP contribution in [0.25, 0.3) is 5.57 Å². The third kappa shape index (κ3) is 2.69. The van der Waals surface area contributed by atoms with E-state index >= 15 is 0 Å². The monoisotopic (exact) mass is 436 g/mol. The Morgan fingerprint density at radius 1 is 1.21 bits per heavy atom. The predicted octanol–water partition coefficient (Wildman–Crippen LogP) is 3.34. The van der Waals surface area contributed by atoms with Crippen molar-refractivity contribution in [3.05, 3.63) is 79.1 Å². The molecule has 2 N–H and O–H groups in total. The zero-order valence-electron chi connectivity index (χ0n) is 12.7. The number of carbonyl (C=O) groups is 1. The van der Waals surface area contributed by atoms with E-state index in [4.69, 9.17) is 10.5 Å². The van der Waals surface area contributed by atoms with Crippen molar-refractivity contribution in [1.82, 2.24) is 0 Å². The second kappa shape index (κ2) is 5.99. The van der Waals surface area contributed by atoms with Crippen molar-refractivity contribution in [2.75, 3.05) is 0 Å². The van der Waals surface area contributed by atoms with Crippen LogP contribution in [0, 0.1) is 13.7 Å². The first-order valence-corrected chi connectivity index (χ1v) is 8.15. The maximum Gasteiger partial charge on any atom is 0.269 e. The van der Waals surface area contributed by atoms with Crippen molar-refractivity contribution in [2.24, 2.45) is 5.73 Å². The number of Topliss-reactive ketones (excluding diaryl/α,β-unsaturated/α-hetero) is 1. The molecule has 0 spiro atoms. The highest BCUT2D eigenvalue weighted by molar-refractivity contribution is 14.1. The van der Waals surface area contributed by atoms with Gasteiger partial charge in [0.2, 0.25) is 11.5 Å². The van der Waals surface area contributed by atoms with Crippen LogP contribution >= 0.6 is 22.6 Å². The van der Waals surface area contributed by atoms with Gasteiger partial charge in [0.25, 0.3) is 5.69 Å². The standard InChI is InChI=1S/C17H13IN2O4/c1-10-15(11-4-2-6-13(18)8-11)16(21)17(19,24-10)12-5-3-7-14(9-12)20(22)23/h2-9H,19H2,1H3. The fourth-order valence-corrected chi connectivity index (χ4v) is 3.25. The number of nitrogens with two attached hydrogens (primary N) is 1. The number of nitrogens with zero attached hydrogens (tertiary/aromatic N) is 1. The molecule has 0 aromatic heterocycles. The molecule has 1 aliphatic rings. The van der Waals surface area contributed by atoms with Crippen molar-refractivity contribution in [1.29, 1.82) is 0 Å². The molecule has 0 saturated heterocycles. The molecule has 2 aromatic carbocycles. The average Bonchev–Trinajstić information content (AvgIpc) is 2.78. The Hall–Kier alpha value is -2.26. The Labute approximate surface area is 151 Å². The number of nitro groups is 1. The van der Waals surface area contributed by atoms with E-state index in [-0.39, 0.29) is 11.3 Å². The molecule has 1 heterocycles. The molecule has 0 amide bonds. The van der Waals surface area contributed by atoms with E-state index in [0.717, 1.165) is 3.57 Å². The summed E-state index contributed by atoms with van der Waals surface area (Å²) in [7, 11) is 0. The lowest BCUT2D eigenvalue weighted by Crippen LogP contribution is -2.43. The van der Waals surface area contributed by atoms with Crippen LogP contribution in [0.4, 0.5) is 5.69 Å². The van der Waals surface area contributed by atoms with E-state index in [0.29, 0.717) is 16.9 Å². The lowest BCUT2D eigenvalue weighted by Gasteiger charge is -2.23. The van der Waals surface area contributed by atoms with Crippen molar-refractivity contribution in [2.45, 2.75) is 12.6 Å². The van der Waals surface area contributed by atoms with Gasteiger partial charge in [-0.3, -0.25) is 20.6 Å². The number of nitro benzene ring substituents is 1. The molecule has 1 aliphatic heterocycles. The number of hydrogen-bond donors (Lipinski definition) is 1. The number of carbonyl (C=O) groups excluding carboxylic acids is 1. The Bertz CT molecular complexity index is 894. The number of rotatable bonds is 3. The number of halogens is 1. The van der Waals surface area contributed by atoms with Gasteiger partial charge in [-0.2, -0.15) is 0 Å². The van der Waals surface area contributed by atoms with Crippen LogP contribution in [0.2, 0.25) is 0 Å². The van der Waals surface area contributed by atoms with Crippen molar-refractivity contribution in [3.63, 3.8) is 0 Å². The summed E-state index contributed by atoms with van der Waals surface area (Å²) in [5, 5.41) is 11.0. The Morgan fingerprint density at radius 2 is 1.92 bits per heavy atom. The Balaban J connectivity index is 2.05. The maximum absolute atomic E-state index is 13.0. The fourth-order valence-electron chi connectivity index (χ4n) is 2.70. The minimum absolute atomic E-state index is 0.144. The summed E-state index contributed by atoms with van der Waals surface area (Å²) in [6.07, 6.45) is 0. The lowest BCUT2D eigenvalue weighted by atomic mass is 9.92. The topological polar surface area (TPSA) is 95.5 Å². The summed E-state index contributed by atoms with van der Waals surface area (Å²) < 4.78 is 6.65. The van der Waals surface area contributed by atoms with Gasteiger partial charge in [-0.1, -0.05) is 24.3 Å². The first-order chi connectivity index (χ1) is 11.3. The van der Waals surface area contributed by atoms with Gasteiger partial charge in [-0.05, 0) is 47.2 Å². The zero-order chi connectivity index (χ0) is 17.5. The summed E-state index contributed by atoms with van der Waals surface area (Å²) in [6, 6.07) is 13.1. The third-order valence-electron chi connectivity index (χ3n) is 3.83. The van der Waals surface area contributed by atoms with Crippen LogP contribution in [-0.4, -0.2) is 10.7 Å². The highest BCUT2D eigenvalue weighted by Crippen LogP contribution is 2.40. The lowest BCUT2D eigenvalue weighted by molar-refractivity contribution is -0.385. The number of ketones is 1. The van der Waals surface area contributed by atoms with Gasteiger partial charge < -0.3 is 4.74 Å². The van der Waals surface area contributed by atoms with Gasteiger partial charge in [0, 0.05) is 21.3 Å². The third-order valence-corrected chi connectivity index (χ3v) is 4.50. The minimum atomic E-state index is -1.76. The van der Waals surface area contributed by atoms with E-state index in [1.165, 1.54) is 18.2 Å². The molecule has 24 heavy (non-hydrogen) atoms. The average molecular weight is 436 g/mol. The van der Waals surface area contributed by atoms with Gasteiger partial charge in [0.1, 0.15) is 5.76 Å². The van der Waals surface area contributed by atoms with Gasteiger partial charge >= 0.3 is 0 Å². The van der Waals surface area contributed by atoms with Crippen molar-refractivity contribution >= 4 is 39.6 Å². The molecule has 0 aliphatic carbocycles. The molecule has 1 atom stereocenters. The second-order valence-electron chi connectivity index (χ2n) is 5.42. The summed E-state index contributed by atoms with van der Waals surface area (Å²) >= 11 is 2.16. The van der Waals surface area contributed by atoms with Gasteiger partial charge in [-0.25, -0.2) is 0 Å². The summed E-state index contributed by atoms with van der Waals surface area (Å²) in [5.74, 6) is -0.0153. The summed E-state index contributed by atoms with van der Waals surface area (Å²) in [5.41, 5.74) is 5.66. The van der Waals surface area contributed by atoms with E-state index in [2.05, 4.69) is 22.6 Å². The highest BCUT2D eigenvalue weighted by Gasteiger charge is 2.47. The van der Waals surface area contributed by atoms with Crippen LogP contribution in [0.15, 0.2) is 54.3 Å². The smallest absolute Gasteiger partial charge is 0.269 e. The molecule has 7 heteroatoms. The molecule has 0 radical (unpaired) electrons. The largest absolute Gasteiger partial charge is 0.465 e. The number of hydrogen-bond acceptors (Lipinski definition) is 5. The van der Waals surface area contributed by atoms with Crippen LogP contribution in [0.1, 0.15) is 18.1 Å². The molecule has 122 valence electrons. The molecular formula is C17H13IN2O4. The summed E-state index contributed by atoms with van der Waals surface area (Å²) in [4.78, 5) is 23.4. The van der Waals surface area contributed by atoms with Crippen LogP contribution in [0.3, 0.4) is 0 Å². The van der Waals surface area contributed by atoms with Gasteiger partial charge in [-0.15, -0.1) is 0 Å². The molecule has 6 nitrogen and oxygen atoms in total. The van der Waals surface area contributed by atoms with Crippen LogP contribution in [0.5, 0.6) is 0 Å². The maximum atomic E-state index is 13.0. The molecule has 0 bridgehead atoms. The van der Waals surface area contributed by atoms with Gasteiger partial charge in [0.05, 0.1) is 10.5 Å². The molecule has 3 rings (SSSR count). The SMILES string of the molecule is CC1=C(c2cccc(I)c2)C(=O)C(N)(c2cccc([N+](=O)[O-])c2)O1. The van der Waals surface area contributed by atoms with E-state index in [9.17, 15) is 14.9 Å². The highest BCUT2D eigenvalue weighted by atomic mass is 127. The molecule has 1 unspecified atom stereocenters.